The first-order valence-corrected chi connectivity index (χ1v) is 7.63. The summed E-state index contributed by atoms with van der Waals surface area (Å²) in [6.45, 7) is 5.70. The zero-order valence-electron chi connectivity index (χ0n) is 13.4. The lowest BCUT2D eigenvalue weighted by Crippen LogP contribution is -2.42. The van der Waals surface area contributed by atoms with Gasteiger partial charge in [0.15, 0.2) is 5.96 Å². The Bertz CT molecular complexity index is 344. The maximum atomic E-state index is 12.4. The van der Waals surface area contributed by atoms with E-state index < -0.39 is 0 Å². The first-order valence-electron chi connectivity index (χ1n) is 7.63. The van der Waals surface area contributed by atoms with Crippen LogP contribution in [0.3, 0.4) is 0 Å². The number of aliphatic imine (C=N–C) groups is 1. The van der Waals surface area contributed by atoms with Gasteiger partial charge in [0.1, 0.15) is 0 Å². The van der Waals surface area contributed by atoms with Crippen LogP contribution in [0.2, 0.25) is 0 Å². The van der Waals surface area contributed by atoms with Crippen LogP contribution in [-0.4, -0.2) is 44.0 Å². The maximum Gasteiger partial charge on any atom is 0.230 e. The van der Waals surface area contributed by atoms with E-state index in [1.54, 1.807) is 4.90 Å². The third kappa shape index (κ3) is 4.69. The molecule has 1 rings (SSSR count). The van der Waals surface area contributed by atoms with Gasteiger partial charge in [-0.25, -0.2) is 0 Å². The average Bonchev–Trinajstić information content (AvgIpc) is 2.85. The van der Waals surface area contributed by atoms with E-state index in [2.05, 4.69) is 24.2 Å². The molecule has 116 valence electrons. The summed E-state index contributed by atoms with van der Waals surface area (Å²) in [5.41, 5.74) is 5.56. The number of guanidine groups is 1. The Hall–Kier alpha value is -1.26. The molecule has 0 aromatic heterocycles. The molecule has 0 aliphatic heterocycles. The van der Waals surface area contributed by atoms with Crippen LogP contribution < -0.4 is 11.1 Å². The molecule has 1 aliphatic rings. The molecule has 0 radical (unpaired) electrons. The monoisotopic (exact) mass is 282 g/mol. The normalized spacial score (nSPS) is 18.4. The lowest BCUT2D eigenvalue weighted by atomic mass is 9.85. The summed E-state index contributed by atoms with van der Waals surface area (Å²) < 4.78 is 0. The van der Waals surface area contributed by atoms with E-state index >= 15 is 0 Å². The minimum atomic E-state index is -0.326. The van der Waals surface area contributed by atoms with Crippen LogP contribution in [0.1, 0.15) is 46.0 Å². The van der Waals surface area contributed by atoms with Crippen molar-refractivity contribution in [2.45, 2.75) is 46.0 Å². The van der Waals surface area contributed by atoms with Gasteiger partial charge in [0.05, 0.1) is 12.0 Å². The number of hydrogen-bond acceptors (Lipinski definition) is 2. The second-order valence-corrected chi connectivity index (χ2v) is 6.50. The van der Waals surface area contributed by atoms with Crippen molar-refractivity contribution in [3.63, 3.8) is 0 Å². The first-order chi connectivity index (χ1) is 9.37. The Kier molecular flexibility index (Phi) is 6.30. The highest BCUT2D eigenvalue weighted by atomic mass is 16.2. The van der Waals surface area contributed by atoms with Gasteiger partial charge in [-0.1, -0.05) is 26.7 Å². The summed E-state index contributed by atoms with van der Waals surface area (Å²) in [5.74, 6) is 1.30. The molecule has 0 saturated heterocycles. The van der Waals surface area contributed by atoms with Crippen LogP contribution in [0.4, 0.5) is 0 Å². The fraction of sp³-hybridized carbons (Fsp3) is 0.867. The van der Waals surface area contributed by atoms with Gasteiger partial charge in [0.2, 0.25) is 5.91 Å². The number of carbonyl (C=O) groups excluding carboxylic acids is 1. The molecule has 0 bridgehead atoms. The van der Waals surface area contributed by atoms with Crippen LogP contribution in [0, 0.1) is 11.3 Å². The zero-order chi connectivity index (χ0) is 15.2. The van der Waals surface area contributed by atoms with Crippen molar-refractivity contribution in [3.8, 4) is 0 Å². The Morgan fingerprint density at radius 3 is 2.45 bits per heavy atom. The quantitative estimate of drug-likeness (QED) is 0.574. The van der Waals surface area contributed by atoms with Crippen molar-refractivity contribution in [1.29, 1.82) is 0 Å². The lowest BCUT2D eigenvalue weighted by molar-refractivity contribution is -0.138. The fourth-order valence-corrected chi connectivity index (χ4v) is 2.75. The van der Waals surface area contributed by atoms with Crippen molar-refractivity contribution in [1.82, 2.24) is 10.2 Å². The van der Waals surface area contributed by atoms with Gasteiger partial charge < -0.3 is 16.0 Å². The van der Waals surface area contributed by atoms with E-state index in [1.807, 2.05) is 14.1 Å². The standard InChI is InChI=1S/C15H30N4O/c1-12(2)7-10-17-14(16)18-11-15(8-5-6-9-15)13(20)19(3)4/h12H,5-11H2,1-4H3,(H3,16,17,18). The molecule has 1 aliphatic carbocycles. The Morgan fingerprint density at radius 2 is 1.95 bits per heavy atom. The molecule has 0 unspecified atom stereocenters. The molecule has 0 aromatic carbocycles. The van der Waals surface area contributed by atoms with Crippen LogP contribution in [-0.2, 0) is 4.79 Å². The molecule has 0 atom stereocenters. The highest BCUT2D eigenvalue weighted by molar-refractivity contribution is 5.84. The molecule has 3 N–H and O–H groups in total. The van der Waals surface area contributed by atoms with Gasteiger partial charge in [0.25, 0.3) is 0 Å². The molecule has 20 heavy (non-hydrogen) atoms. The number of nitrogens with two attached hydrogens (primary N) is 1. The SMILES string of the molecule is CC(C)CCNC(N)=NCC1(C(=O)N(C)C)CCCC1. The van der Waals surface area contributed by atoms with E-state index in [4.69, 9.17) is 5.73 Å². The summed E-state index contributed by atoms with van der Waals surface area (Å²) in [6, 6.07) is 0. The third-order valence-electron chi connectivity index (χ3n) is 4.00. The Morgan fingerprint density at radius 1 is 1.35 bits per heavy atom. The number of amides is 1. The number of carbonyl (C=O) groups is 1. The van der Waals surface area contributed by atoms with Crippen molar-refractivity contribution in [2.24, 2.45) is 22.1 Å². The smallest absolute Gasteiger partial charge is 0.230 e. The van der Waals surface area contributed by atoms with Crippen LogP contribution in [0.15, 0.2) is 4.99 Å². The summed E-state index contributed by atoms with van der Waals surface area (Å²) in [4.78, 5) is 18.5. The van der Waals surface area contributed by atoms with Crippen molar-refractivity contribution >= 4 is 11.9 Å². The number of rotatable bonds is 6. The Balaban J connectivity index is 2.56. The average molecular weight is 282 g/mol. The predicted molar refractivity (Wildman–Crippen MR) is 83.5 cm³/mol. The molecular formula is C15H30N4O. The number of nitrogens with one attached hydrogen (secondary N) is 1. The van der Waals surface area contributed by atoms with E-state index in [0.29, 0.717) is 18.4 Å². The molecule has 0 heterocycles. The second kappa shape index (κ2) is 7.50. The highest BCUT2D eigenvalue weighted by Crippen LogP contribution is 2.39. The predicted octanol–water partition coefficient (Wildman–Crippen LogP) is 1.59. The van der Waals surface area contributed by atoms with E-state index in [0.717, 1.165) is 38.6 Å². The van der Waals surface area contributed by atoms with Gasteiger partial charge in [-0.2, -0.15) is 0 Å². The van der Waals surface area contributed by atoms with Gasteiger partial charge >= 0.3 is 0 Å². The van der Waals surface area contributed by atoms with Crippen LogP contribution in [0.5, 0.6) is 0 Å². The summed E-state index contributed by atoms with van der Waals surface area (Å²) in [7, 11) is 3.63. The summed E-state index contributed by atoms with van der Waals surface area (Å²) in [5, 5.41) is 3.13. The van der Waals surface area contributed by atoms with Gasteiger partial charge in [-0.05, 0) is 25.2 Å². The number of hydrogen-bond donors (Lipinski definition) is 2. The third-order valence-corrected chi connectivity index (χ3v) is 4.00. The topological polar surface area (TPSA) is 70.7 Å². The van der Waals surface area contributed by atoms with E-state index in [1.165, 1.54) is 0 Å². The fourth-order valence-electron chi connectivity index (χ4n) is 2.75. The molecule has 1 amide bonds. The largest absolute Gasteiger partial charge is 0.370 e. The van der Waals surface area contributed by atoms with Gasteiger partial charge in [0, 0.05) is 20.6 Å². The molecular weight excluding hydrogens is 252 g/mol. The molecule has 0 aromatic rings. The van der Waals surface area contributed by atoms with Crippen molar-refractivity contribution < 1.29 is 4.79 Å². The first kappa shape index (κ1) is 16.8. The minimum absolute atomic E-state index is 0.189. The molecule has 5 nitrogen and oxygen atoms in total. The van der Waals surface area contributed by atoms with E-state index in [9.17, 15) is 4.79 Å². The maximum absolute atomic E-state index is 12.4. The minimum Gasteiger partial charge on any atom is -0.370 e. The lowest BCUT2D eigenvalue weighted by Gasteiger charge is -2.29. The van der Waals surface area contributed by atoms with Crippen LogP contribution >= 0.6 is 0 Å². The second-order valence-electron chi connectivity index (χ2n) is 6.50. The molecule has 1 fully saturated rings. The number of nitrogens with zero attached hydrogens (tertiary/aromatic N) is 2. The summed E-state index contributed by atoms with van der Waals surface area (Å²) >= 11 is 0. The van der Waals surface area contributed by atoms with Crippen LogP contribution in [0.25, 0.3) is 0 Å². The molecule has 0 spiro atoms. The van der Waals surface area contributed by atoms with Crippen molar-refractivity contribution in [3.05, 3.63) is 0 Å². The Labute approximate surface area is 123 Å². The highest BCUT2D eigenvalue weighted by Gasteiger charge is 2.41. The zero-order valence-corrected chi connectivity index (χ0v) is 13.4. The van der Waals surface area contributed by atoms with Gasteiger partial charge in [-0.15, -0.1) is 0 Å². The van der Waals surface area contributed by atoms with Crippen molar-refractivity contribution in [2.75, 3.05) is 27.2 Å². The molecule has 1 saturated carbocycles. The van der Waals surface area contributed by atoms with E-state index in [-0.39, 0.29) is 11.3 Å². The summed E-state index contributed by atoms with van der Waals surface area (Å²) in [6.07, 6.45) is 5.13. The molecule has 5 heteroatoms. The van der Waals surface area contributed by atoms with Gasteiger partial charge in [-0.3, -0.25) is 9.79 Å².